The topological polar surface area (TPSA) is 77.8 Å². The molecular formula is C26H16N4O2. The van der Waals surface area contributed by atoms with Crippen molar-refractivity contribution in [1.82, 2.24) is 19.9 Å². The van der Waals surface area contributed by atoms with Crippen molar-refractivity contribution in [3.05, 3.63) is 98.0 Å². The van der Waals surface area contributed by atoms with E-state index < -0.39 is 0 Å². The summed E-state index contributed by atoms with van der Waals surface area (Å²) in [6, 6.07) is 20.7. The maximum Gasteiger partial charge on any atom is 0.244 e. The predicted octanol–water partition coefficient (Wildman–Crippen LogP) is 6.27. The molecule has 6 rings (SSSR count). The number of fused-ring (bicyclic) bond motifs is 1. The van der Waals surface area contributed by atoms with E-state index in [0.717, 1.165) is 33.0 Å². The van der Waals surface area contributed by atoms with Crippen LogP contribution in [0.5, 0.6) is 0 Å². The minimum absolute atomic E-state index is 0.519. The van der Waals surface area contributed by atoms with Gasteiger partial charge in [-0.3, -0.25) is 9.97 Å². The number of oxazole rings is 2. The van der Waals surface area contributed by atoms with Crippen molar-refractivity contribution in [3.63, 3.8) is 0 Å². The molecule has 0 bridgehead atoms. The maximum absolute atomic E-state index is 5.31. The fraction of sp³-hybridized carbons (Fsp3) is 0. The third kappa shape index (κ3) is 3.33. The summed E-state index contributed by atoms with van der Waals surface area (Å²) < 4.78 is 10.6. The number of hydrogen-bond acceptors (Lipinski definition) is 6. The second-order valence-electron chi connectivity index (χ2n) is 7.32. The molecule has 0 N–H and O–H groups in total. The summed E-state index contributed by atoms with van der Waals surface area (Å²) in [7, 11) is 0. The lowest BCUT2D eigenvalue weighted by Gasteiger charge is -2.07. The molecule has 0 spiro atoms. The highest BCUT2D eigenvalue weighted by Crippen LogP contribution is 2.29. The lowest BCUT2D eigenvalue weighted by molar-refractivity contribution is 0.572. The van der Waals surface area contributed by atoms with Crippen molar-refractivity contribution < 1.29 is 8.83 Å². The molecule has 0 aliphatic carbocycles. The van der Waals surface area contributed by atoms with Crippen molar-refractivity contribution >= 4 is 10.8 Å². The monoisotopic (exact) mass is 416 g/mol. The van der Waals surface area contributed by atoms with E-state index in [0.29, 0.717) is 23.2 Å². The van der Waals surface area contributed by atoms with Gasteiger partial charge in [-0.1, -0.05) is 36.4 Å². The van der Waals surface area contributed by atoms with Crippen molar-refractivity contribution in [1.29, 1.82) is 0 Å². The van der Waals surface area contributed by atoms with Gasteiger partial charge in [-0.05, 0) is 46.2 Å². The van der Waals surface area contributed by atoms with Crippen molar-refractivity contribution in [2.45, 2.75) is 0 Å². The lowest BCUT2D eigenvalue weighted by Crippen LogP contribution is -1.87. The number of rotatable bonds is 4. The summed E-state index contributed by atoms with van der Waals surface area (Å²) >= 11 is 0. The second kappa shape index (κ2) is 7.59. The summed E-state index contributed by atoms with van der Waals surface area (Å²) in [5, 5.41) is 2.32. The van der Waals surface area contributed by atoms with Crippen LogP contribution in [0.4, 0.5) is 0 Å². The molecule has 2 aromatic carbocycles. The van der Waals surface area contributed by atoms with Crippen LogP contribution in [-0.2, 0) is 0 Å². The molecule has 6 nitrogen and oxygen atoms in total. The summed E-state index contributed by atoms with van der Waals surface area (Å²) in [6.45, 7) is 0. The molecule has 152 valence electrons. The van der Waals surface area contributed by atoms with Gasteiger partial charge < -0.3 is 8.83 Å². The van der Waals surface area contributed by atoms with Crippen LogP contribution >= 0.6 is 0 Å². The first-order chi connectivity index (χ1) is 15.8. The van der Waals surface area contributed by atoms with Crippen LogP contribution in [0.1, 0.15) is 0 Å². The molecule has 32 heavy (non-hydrogen) atoms. The fourth-order valence-electron chi connectivity index (χ4n) is 3.69. The molecule has 0 aliphatic heterocycles. The Bertz CT molecular complexity index is 1370. The van der Waals surface area contributed by atoms with Crippen LogP contribution in [0.15, 0.2) is 107 Å². The highest BCUT2D eigenvalue weighted by Gasteiger charge is 2.08. The highest BCUT2D eigenvalue weighted by atomic mass is 16.3. The standard InChI is InChI=1S/C26H16N4O2/c1-3-19(21-5-7-23(29-15-21)25-27-9-11-31-25)14-18-2-4-20(13-17(1)18)22-6-8-24(30-16-22)26-28-10-12-32-26/h1-16H. The Morgan fingerprint density at radius 2 is 0.938 bits per heavy atom. The van der Waals surface area contributed by atoms with Crippen molar-refractivity contribution in [2.24, 2.45) is 0 Å². The average molecular weight is 416 g/mol. The zero-order valence-electron chi connectivity index (χ0n) is 16.8. The number of pyridine rings is 2. The first-order valence-electron chi connectivity index (χ1n) is 10.1. The molecule has 0 atom stereocenters. The number of benzene rings is 2. The quantitative estimate of drug-likeness (QED) is 0.337. The van der Waals surface area contributed by atoms with Crippen LogP contribution in [0.2, 0.25) is 0 Å². The molecule has 0 unspecified atom stereocenters. The number of nitrogens with zero attached hydrogens (tertiary/aromatic N) is 4. The Morgan fingerprint density at radius 3 is 1.31 bits per heavy atom. The van der Waals surface area contributed by atoms with E-state index >= 15 is 0 Å². The van der Waals surface area contributed by atoms with Crippen LogP contribution in [0.3, 0.4) is 0 Å². The first-order valence-corrected chi connectivity index (χ1v) is 10.1. The second-order valence-corrected chi connectivity index (χ2v) is 7.32. The number of aromatic nitrogens is 4. The van der Waals surface area contributed by atoms with Gasteiger partial charge in [-0.25, -0.2) is 9.97 Å². The van der Waals surface area contributed by atoms with Crippen LogP contribution in [-0.4, -0.2) is 19.9 Å². The first kappa shape index (κ1) is 18.2. The third-order valence-corrected chi connectivity index (χ3v) is 5.34. The van der Waals surface area contributed by atoms with Gasteiger partial charge in [0.2, 0.25) is 11.8 Å². The Labute approximate surface area is 183 Å². The minimum Gasteiger partial charge on any atom is -0.443 e. The fourth-order valence-corrected chi connectivity index (χ4v) is 3.69. The van der Waals surface area contributed by atoms with E-state index in [1.807, 2.05) is 36.7 Å². The lowest BCUT2D eigenvalue weighted by atomic mass is 9.98. The zero-order valence-corrected chi connectivity index (χ0v) is 16.8. The van der Waals surface area contributed by atoms with E-state index in [-0.39, 0.29) is 0 Å². The normalized spacial score (nSPS) is 11.1. The van der Waals surface area contributed by atoms with Gasteiger partial charge in [0, 0.05) is 23.5 Å². The predicted molar refractivity (Wildman–Crippen MR) is 121 cm³/mol. The van der Waals surface area contributed by atoms with E-state index in [9.17, 15) is 0 Å². The average Bonchev–Trinajstić information content (AvgIpc) is 3.59. The highest BCUT2D eigenvalue weighted by molar-refractivity contribution is 5.90. The molecule has 6 heteroatoms. The van der Waals surface area contributed by atoms with E-state index in [4.69, 9.17) is 8.83 Å². The Balaban J connectivity index is 1.29. The molecule has 6 aromatic rings. The van der Waals surface area contributed by atoms with Gasteiger partial charge in [0.15, 0.2) is 0 Å². The smallest absolute Gasteiger partial charge is 0.244 e. The molecular weight excluding hydrogens is 400 g/mol. The summed E-state index contributed by atoms with van der Waals surface area (Å²) in [4.78, 5) is 17.2. The molecule has 0 aliphatic rings. The summed E-state index contributed by atoms with van der Waals surface area (Å²) in [6.07, 6.45) is 10.0. The van der Waals surface area contributed by atoms with Gasteiger partial charge >= 0.3 is 0 Å². The molecule has 0 saturated heterocycles. The van der Waals surface area contributed by atoms with Gasteiger partial charge in [0.25, 0.3) is 0 Å². The van der Waals surface area contributed by atoms with E-state index in [1.54, 1.807) is 24.9 Å². The van der Waals surface area contributed by atoms with E-state index in [1.165, 1.54) is 0 Å². The SMILES string of the molecule is c1coc(-c2ccc(-c3ccc4cc(-c5ccc(-c6ncco6)nc5)ccc4c3)cn2)n1. The largest absolute Gasteiger partial charge is 0.443 e. The summed E-state index contributed by atoms with van der Waals surface area (Å²) in [5.74, 6) is 1.04. The van der Waals surface area contributed by atoms with Crippen molar-refractivity contribution in [2.75, 3.05) is 0 Å². The molecule has 4 aromatic heterocycles. The van der Waals surface area contributed by atoms with Gasteiger partial charge in [0.05, 0.1) is 12.4 Å². The molecule has 0 fully saturated rings. The Morgan fingerprint density at radius 1 is 0.469 bits per heavy atom. The maximum atomic E-state index is 5.31. The Kier molecular flexibility index (Phi) is 4.32. The molecule has 0 radical (unpaired) electrons. The van der Waals surface area contributed by atoms with Crippen LogP contribution < -0.4 is 0 Å². The zero-order chi connectivity index (χ0) is 21.3. The summed E-state index contributed by atoms with van der Waals surface area (Å²) in [5.41, 5.74) is 5.72. The van der Waals surface area contributed by atoms with E-state index in [2.05, 4.69) is 56.3 Å². The molecule has 0 amide bonds. The van der Waals surface area contributed by atoms with Crippen molar-refractivity contribution in [3.8, 4) is 45.4 Å². The van der Waals surface area contributed by atoms with Crippen LogP contribution in [0, 0.1) is 0 Å². The third-order valence-electron chi connectivity index (χ3n) is 5.34. The van der Waals surface area contributed by atoms with Gasteiger partial charge in [0.1, 0.15) is 23.9 Å². The van der Waals surface area contributed by atoms with Crippen LogP contribution in [0.25, 0.3) is 56.2 Å². The number of hydrogen-bond donors (Lipinski definition) is 0. The molecule has 4 heterocycles. The molecule has 0 saturated carbocycles. The minimum atomic E-state index is 0.519. The van der Waals surface area contributed by atoms with Gasteiger partial charge in [-0.15, -0.1) is 0 Å². The van der Waals surface area contributed by atoms with Gasteiger partial charge in [-0.2, -0.15) is 0 Å². The Hall–Kier alpha value is -4.58.